The fourth-order valence-corrected chi connectivity index (χ4v) is 2.01. The highest BCUT2D eigenvalue weighted by Gasteiger charge is 2.18. The molecule has 0 bridgehead atoms. The molecule has 0 amide bonds. The van der Waals surface area contributed by atoms with Crippen molar-refractivity contribution in [3.05, 3.63) is 65.5 Å². The largest absolute Gasteiger partial charge is 0.484 e. The van der Waals surface area contributed by atoms with E-state index < -0.39 is 0 Å². The van der Waals surface area contributed by atoms with Crippen molar-refractivity contribution in [2.75, 3.05) is 0 Å². The Morgan fingerprint density at radius 1 is 1.11 bits per heavy atom. The quantitative estimate of drug-likeness (QED) is 0.910. The van der Waals surface area contributed by atoms with E-state index in [-0.39, 0.29) is 18.0 Å². The number of ether oxygens (including phenoxy) is 1. The molecule has 0 saturated carbocycles. The van der Waals surface area contributed by atoms with Gasteiger partial charge < -0.3 is 10.5 Å². The van der Waals surface area contributed by atoms with Crippen molar-refractivity contribution >= 4 is 0 Å². The highest BCUT2D eigenvalue weighted by atomic mass is 19.1. The minimum absolute atomic E-state index is 0.190. The third-order valence-electron chi connectivity index (χ3n) is 2.91. The Morgan fingerprint density at radius 2 is 1.84 bits per heavy atom. The summed E-state index contributed by atoms with van der Waals surface area (Å²) < 4.78 is 19.0. The van der Waals surface area contributed by atoms with Gasteiger partial charge >= 0.3 is 0 Å². The Bertz CT molecular complexity index is 554. The average molecular weight is 259 g/mol. The van der Waals surface area contributed by atoms with Crippen molar-refractivity contribution in [1.29, 1.82) is 0 Å². The van der Waals surface area contributed by atoms with Crippen molar-refractivity contribution in [3.63, 3.8) is 0 Å². The summed E-state index contributed by atoms with van der Waals surface area (Å²) >= 11 is 0. The van der Waals surface area contributed by atoms with Gasteiger partial charge in [0.25, 0.3) is 0 Å². The van der Waals surface area contributed by atoms with E-state index in [0.29, 0.717) is 5.75 Å². The summed E-state index contributed by atoms with van der Waals surface area (Å²) in [5.74, 6) is 0.175. The smallest absolute Gasteiger partial charge is 0.138 e. The zero-order chi connectivity index (χ0) is 13.8. The Hall–Kier alpha value is -1.87. The molecule has 2 N–H and O–H groups in total. The maximum Gasteiger partial charge on any atom is 0.138 e. The second kappa shape index (κ2) is 5.85. The van der Waals surface area contributed by atoms with Crippen LogP contribution in [0.5, 0.6) is 5.75 Å². The lowest BCUT2D eigenvalue weighted by Crippen LogP contribution is -2.29. The minimum Gasteiger partial charge on any atom is -0.484 e. The van der Waals surface area contributed by atoms with Gasteiger partial charge in [-0.2, -0.15) is 0 Å². The molecule has 2 atom stereocenters. The first-order chi connectivity index (χ1) is 9.06. The first kappa shape index (κ1) is 13.6. The third kappa shape index (κ3) is 3.55. The molecule has 0 aliphatic carbocycles. The van der Waals surface area contributed by atoms with Gasteiger partial charge in [-0.1, -0.05) is 35.9 Å². The Morgan fingerprint density at radius 3 is 2.47 bits per heavy atom. The lowest BCUT2D eigenvalue weighted by atomic mass is 10.0. The molecule has 0 radical (unpaired) electrons. The molecule has 0 saturated heterocycles. The minimum atomic E-state index is -0.315. The topological polar surface area (TPSA) is 35.2 Å². The number of rotatable bonds is 4. The fraction of sp³-hybridized carbons (Fsp3) is 0.250. The molecular weight excluding hydrogens is 241 g/mol. The van der Waals surface area contributed by atoms with Crippen molar-refractivity contribution in [1.82, 2.24) is 0 Å². The summed E-state index contributed by atoms with van der Waals surface area (Å²) in [5, 5.41) is 0. The van der Waals surface area contributed by atoms with Gasteiger partial charge in [0.2, 0.25) is 0 Å². The van der Waals surface area contributed by atoms with Crippen LogP contribution >= 0.6 is 0 Å². The van der Waals surface area contributed by atoms with Gasteiger partial charge in [0, 0.05) is 12.1 Å². The fourth-order valence-electron chi connectivity index (χ4n) is 2.01. The molecule has 19 heavy (non-hydrogen) atoms. The zero-order valence-corrected chi connectivity index (χ0v) is 11.1. The molecule has 2 aromatic carbocycles. The Labute approximate surface area is 113 Å². The number of aryl methyl sites for hydroxylation is 1. The van der Waals surface area contributed by atoms with E-state index in [0.717, 1.165) is 11.1 Å². The van der Waals surface area contributed by atoms with Crippen molar-refractivity contribution in [2.24, 2.45) is 5.73 Å². The van der Waals surface area contributed by atoms with E-state index in [1.807, 2.05) is 38.1 Å². The number of halogens is 1. The van der Waals surface area contributed by atoms with Gasteiger partial charge in [-0.3, -0.25) is 0 Å². The molecule has 3 heteroatoms. The molecule has 0 heterocycles. The summed E-state index contributed by atoms with van der Waals surface area (Å²) in [7, 11) is 0. The van der Waals surface area contributed by atoms with E-state index >= 15 is 0 Å². The van der Waals surface area contributed by atoms with Crippen molar-refractivity contribution < 1.29 is 9.13 Å². The van der Waals surface area contributed by atoms with Crippen LogP contribution in [0.1, 0.15) is 24.2 Å². The van der Waals surface area contributed by atoms with Gasteiger partial charge in [-0.15, -0.1) is 0 Å². The lowest BCUT2D eigenvalue weighted by Gasteiger charge is -2.23. The highest BCUT2D eigenvalue weighted by Crippen LogP contribution is 2.25. The monoisotopic (exact) mass is 259 g/mol. The molecule has 2 rings (SSSR count). The van der Waals surface area contributed by atoms with E-state index in [1.54, 1.807) is 12.1 Å². The van der Waals surface area contributed by atoms with Gasteiger partial charge in [0.05, 0.1) is 0 Å². The predicted octanol–water partition coefficient (Wildman–Crippen LogP) is 3.60. The van der Waals surface area contributed by atoms with Crippen LogP contribution in [0.4, 0.5) is 4.39 Å². The van der Waals surface area contributed by atoms with Crippen LogP contribution in [-0.4, -0.2) is 6.04 Å². The molecule has 0 aromatic heterocycles. The van der Waals surface area contributed by atoms with E-state index in [1.165, 1.54) is 12.1 Å². The number of hydrogen-bond donors (Lipinski definition) is 1. The average Bonchev–Trinajstić information content (AvgIpc) is 2.35. The highest BCUT2D eigenvalue weighted by molar-refractivity contribution is 5.28. The molecule has 0 fully saturated rings. The van der Waals surface area contributed by atoms with Gasteiger partial charge in [-0.05, 0) is 31.5 Å². The van der Waals surface area contributed by atoms with Crippen molar-refractivity contribution in [3.8, 4) is 5.75 Å². The molecule has 2 nitrogen and oxygen atoms in total. The Kier molecular flexibility index (Phi) is 4.17. The van der Waals surface area contributed by atoms with Crippen molar-refractivity contribution in [2.45, 2.75) is 26.0 Å². The second-order valence-electron chi connectivity index (χ2n) is 4.77. The van der Waals surface area contributed by atoms with Gasteiger partial charge in [0.15, 0.2) is 0 Å². The van der Waals surface area contributed by atoms with E-state index in [9.17, 15) is 4.39 Å². The summed E-state index contributed by atoms with van der Waals surface area (Å²) in [5.41, 5.74) is 8.13. The molecule has 0 aliphatic heterocycles. The van der Waals surface area contributed by atoms with Crippen LogP contribution < -0.4 is 10.5 Å². The number of nitrogens with two attached hydrogens (primary N) is 1. The molecule has 0 spiro atoms. The van der Waals surface area contributed by atoms with Gasteiger partial charge in [-0.25, -0.2) is 4.39 Å². The zero-order valence-electron chi connectivity index (χ0n) is 11.1. The summed E-state index contributed by atoms with van der Waals surface area (Å²) in [6.07, 6.45) is -0.290. The lowest BCUT2D eigenvalue weighted by molar-refractivity contribution is 0.179. The van der Waals surface area contributed by atoms with E-state index in [4.69, 9.17) is 10.5 Å². The van der Waals surface area contributed by atoms with Crippen LogP contribution in [0.15, 0.2) is 48.5 Å². The molecule has 2 aromatic rings. The maximum absolute atomic E-state index is 13.2. The first-order valence-electron chi connectivity index (χ1n) is 6.30. The van der Waals surface area contributed by atoms with Crippen LogP contribution in [0.3, 0.4) is 0 Å². The third-order valence-corrected chi connectivity index (χ3v) is 2.91. The van der Waals surface area contributed by atoms with Crippen LogP contribution in [-0.2, 0) is 0 Å². The molecule has 0 aliphatic rings. The maximum atomic E-state index is 13.2. The standard InChI is InChI=1S/C16H18FNO/c1-11-5-3-6-13(9-11)16(12(2)18)19-15-8-4-7-14(17)10-15/h3-10,12,16H,18H2,1-2H3. The van der Waals surface area contributed by atoms with Gasteiger partial charge in [0.1, 0.15) is 17.7 Å². The normalized spacial score (nSPS) is 13.9. The first-order valence-corrected chi connectivity index (χ1v) is 6.30. The predicted molar refractivity (Wildman–Crippen MR) is 74.6 cm³/mol. The molecular formula is C16H18FNO. The Balaban J connectivity index is 2.26. The summed E-state index contributed by atoms with van der Waals surface area (Å²) in [4.78, 5) is 0. The summed E-state index contributed by atoms with van der Waals surface area (Å²) in [6, 6.07) is 13.9. The number of hydrogen-bond acceptors (Lipinski definition) is 2. The SMILES string of the molecule is Cc1cccc(C(Oc2cccc(F)c2)C(C)N)c1. The van der Waals surface area contributed by atoms with E-state index in [2.05, 4.69) is 0 Å². The van der Waals surface area contributed by atoms with Crippen LogP contribution in [0.25, 0.3) is 0 Å². The molecule has 100 valence electrons. The number of benzene rings is 2. The van der Waals surface area contributed by atoms with Crippen LogP contribution in [0, 0.1) is 12.7 Å². The second-order valence-corrected chi connectivity index (χ2v) is 4.77. The summed E-state index contributed by atoms with van der Waals surface area (Å²) in [6.45, 7) is 3.90. The molecule has 2 unspecified atom stereocenters. The van der Waals surface area contributed by atoms with Crippen LogP contribution in [0.2, 0.25) is 0 Å².